The minimum atomic E-state index is -4.82. The lowest BCUT2D eigenvalue weighted by Gasteiger charge is -2.10. The van der Waals surface area contributed by atoms with Crippen LogP contribution >= 0.6 is 0 Å². The Bertz CT molecular complexity index is 1060. The molecule has 0 saturated carbocycles. The molecule has 2 aromatic rings. The Kier molecular flexibility index (Phi) is 8.64. The van der Waals surface area contributed by atoms with E-state index in [1.165, 1.54) is 22.9 Å². The van der Waals surface area contributed by atoms with Crippen LogP contribution in [0.2, 0.25) is 0 Å². The minimum absolute atomic E-state index is 0.00174. The van der Waals surface area contributed by atoms with Crippen molar-refractivity contribution in [3.8, 4) is 5.75 Å². The van der Waals surface area contributed by atoms with Crippen molar-refractivity contribution in [2.75, 3.05) is 17.2 Å². The van der Waals surface area contributed by atoms with E-state index < -0.39 is 35.9 Å². The zero-order chi connectivity index (χ0) is 25.5. The smallest absolute Gasteiger partial charge is 0.406 e. The van der Waals surface area contributed by atoms with Crippen LogP contribution in [0.15, 0.2) is 42.1 Å². The summed E-state index contributed by atoms with van der Waals surface area (Å²) >= 11 is 0. The van der Waals surface area contributed by atoms with Crippen LogP contribution in [0.4, 0.5) is 29.5 Å². The second-order valence-corrected chi connectivity index (χ2v) is 7.55. The Labute approximate surface area is 193 Å². The van der Waals surface area contributed by atoms with E-state index in [1.807, 2.05) is 19.9 Å². The number of primary amides is 1. The van der Waals surface area contributed by atoms with Crippen LogP contribution in [0.1, 0.15) is 31.4 Å². The molecule has 1 unspecified atom stereocenters. The van der Waals surface area contributed by atoms with Crippen molar-refractivity contribution < 1.29 is 32.3 Å². The van der Waals surface area contributed by atoms with Gasteiger partial charge in [-0.25, -0.2) is 9.78 Å². The first-order chi connectivity index (χ1) is 15.8. The number of urea groups is 1. The highest BCUT2D eigenvalue weighted by atomic mass is 19.4. The van der Waals surface area contributed by atoms with Gasteiger partial charge in [0.2, 0.25) is 11.7 Å². The molecule has 0 aliphatic carbocycles. The van der Waals surface area contributed by atoms with Gasteiger partial charge in [0.25, 0.3) is 5.91 Å². The molecule has 0 radical (unpaired) electrons. The number of carbonyl (C=O) groups is 3. The number of carbonyl (C=O) groups excluding carboxylic acids is 3. The molecule has 0 spiro atoms. The van der Waals surface area contributed by atoms with E-state index in [-0.39, 0.29) is 23.9 Å². The van der Waals surface area contributed by atoms with Crippen molar-refractivity contribution in [1.29, 1.82) is 0 Å². The molecule has 1 heterocycles. The molecule has 0 bridgehead atoms. The second-order valence-electron chi connectivity index (χ2n) is 7.55. The summed E-state index contributed by atoms with van der Waals surface area (Å²) in [5, 5.41) is 7.47. The van der Waals surface area contributed by atoms with Gasteiger partial charge < -0.3 is 25.7 Å². The zero-order valence-corrected chi connectivity index (χ0v) is 18.7. The highest BCUT2D eigenvalue weighted by molar-refractivity contribution is 6.00. The number of halogens is 3. The number of allylic oxidation sites excluding steroid dienone is 2. The van der Waals surface area contributed by atoms with E-state index in [0.717, 1.165) is 17.7 Å². The molecule has 184 valence electrons. The molecule has 0 saturated heterocycles. The number of hydrogen-bond acceptors (Lipinski definition) is 5. The number of benzene rings is 1. The van der Waals surface area contributed by atoms with Crippen molar-refractivity contribution >= 4 is 29.4 Å². The molecule has 4 amide bonds. The Morgan fingerprint density at radius 2 is 1.82 bits per heavy atom. The van der Waals surface area contributed by atoms with Gasteiger partial charge in [0.05, 0.1) is 5.92 Å². The van der Waals surface area contributed by atoms with Crippen molar-refractivity contribution in [2.45, 2.75) is 33.7 Å². The normalized spacial score (nSPS) is 11.8. The number of amides is 4. The maximum absolute atomic E-state index is 12.6. The van der Waals surface area contributed by atoms with Gasteiger partial charge in [-0.05, 0) is 38.1 Å². The van der Waals surface area contributed by atoms with Crippen molar-refractivity contribution in [3.05, 3.63) is 47.9 Å². The van der Waals surface area contributed by atoms with Gasteiger partial charge in [-0.15, -0.1) is 13.2 Å². The molecule has 10 nitrogen and oxygen atoms in total. The maximum Gasteiger partial charge on any atom is 0.573 e. The van der Waals surface area contributed by atoms with Crippen LogP contribution in [0, 0.1) is 5.92 Å². The van der Waals surface area contributed by atoms with Crippen molar-refractivity contribution in [2.24, 2.45) is 11.7 Å². The first kappa shape index (κ1) is 26.2. The topological polar surface area (TPSA) is 140 Å². The van der Waals surface area contributed by atoms with Gasteiger partial charge in [-0.2, -0.15) is 0 Å². The lowest BCUT2D eigenvalue weighted by Crippen LogP contribution is -2.35. The van der Waals surface area contributed by atoms with Crippen LogP contribution < -0.4 is 26.4 Å². The number of rotatable bonds is 9. The number of alkyl halides is 3. The standard InChI is InChI=1S/C21H25F3N6O4/c1-12(2)8-9-30-11-16(28-18(30)19(32)26-10-13(3)17(25)31)29-20(33)27-14-4-6-15(7-5-14)34-21(22,23)24/h4-8,11,13H,9-10H2,1-3H3,(H2,25,31)(H,26,32)(H2,27,29,33). The summed E-state index contributed by atoms with van der Waals surface area (Å²) in [5.74, 6) is -2.09. The van der Waals surface area contributed by atoms with E-state index in [9.17, 15) is 27.6 Å². The van der Waals surface area contributed by atoms with E-state index >= 15 is 0 Å². The first-order valence-corrected chi connectivity index (χ1v) is 10.1. The third-order valence-corrected chi connectivity index (χ3v) is 4.32. The molecule has 0 fully saturated rings. The lowest BCUT2D eigenvalue weighted by molar-refractivity contribution is -0.274. The quantitative estimate of drug-likeness (QED) is 0.406. The predicted octanol–water partition coefficient (Wildman–Crippen LogP) is 3.24. The van der Waals surface area contributed by atoms with Gasteiger partial charge in [0, 0.05) is 25.0 Å². The Balaban J connectivity index is 2.09. The predicted molar refractivity (Wildman–Crippen MR) is 118 cm³/mol. The molecule has 1 atom stereocenters. The number of nitrogens with one attached hydrogen (secondary N) is 3. The number of nitrogens with zero attached hydrogens (tertiary/aromatic N) is 2. The van der Waals surface area contributed by atoms with Crippen molar-refractivity contribution in [3.63, 3.8) is 0 Å². The minimum Gasteiger partial charge on any atom is -0.406 e. The molecular weight excluding hydrogens is 457 g/mol. The summed E-state index contributed by atoms with van der Waals surface area (Å²) in [7, 11) is 0. The fourth-order valence-corrected chi connectivity index (χ4v) is 2.52. The number of ether oxygens (including phenoxy) is 1. The van der Waals surface area contributed by atoms with Crippen LogP contribution in [0.25, 0.3) is 0 Å². The number of anilines is 2. The molecular formula is C21H25F3N6O4. The molecule has 1 aromatic heterocycles. The summed E-state index contributed by atoms with van der Waals surface area (Å²) in [6, 6.07) is 3.82. The molecule has 0 aliphatic heterocycles. The molecule has 5 N–H and O–H groups in total. The van der Waals surface area contributed by atoms with Gasteiger partial charge in [0.15, 0.2) is 5.82 Å². The summed E-state index contributed by atoms with van der Waals surface area (Å²) in [4.78, 5) is 40.2. The largest absolute Gasteiger partial charge is 0.573 e. The molecule has 2 rings (SSSR count). The monoisotopic (exact) mass is 482 g/mol. The number of imidazole rings is 1. The summed E-state index contributed by atoms with van der Waals surface area (Å²) < 4.78 is 42.0. The van der Waals surface area contributed by atoms with Gasteiger partial charge >= 0.3 is 12.4 Å². The first-order valence-electron chi connectivity index (χ1n) is 10.1. The fraction of sp³-hybridized carbons (Fsp3) is 0.333. The average molecular weight is 482 g/mol. The molecule has 13 heteroatoms. The van der Waals surface area contributed by atoms with Crippen LogP contribution in [0.5, 0.6) is 5.75 Å². The van der Waals surface area contributed by atoms with Gasteiger partial charge in [0.1, 0.15) is 5.75 Å². The fourth-order valence-electron chi connectivity index (χ4n) is 2.52. The summed E-state index contributed by atoms with van der Waals surface area (Å²) in [5.41, 5.74) is 6.40. The third kappa shape index (κ3) is 8.48. The van der Waals surface area contributed by atoms with E-state index in [4.69, 9.17) is 5.73 Å². The second kappa shape index (κ2) is 11.2. The van der Waals surface area contributed by atoms with Gasteiger partial charge in [-0.1, -0.05) is 18.6 Å². The summed E-state index contributed by atoms with van der Waals surface area (Å²) in [6.07, 6.45) is -1.52. The third-order valence-electron chi connectivity index (χ3n) is 4.32. The van der Waals surface area contributed by atoms with E-state index in [2.05, 4.69) is 25.7 Å². The van der Waals surface area contributed by atoms with Crippen LogP contribution in [0.3, 0.4) is 0 Å². The summed E-state index contributed by atoms with van der Waals surface area (Å²) in [6.45, 7) is 5.64. The average Bonchev–Trinajstić information content (AvgIpc) is 3.13. The number of nitrogens with two attached hydrogens (primary N) is 1. The molecule has 0 aliphatic rings. The van der Waals surface area contributed by atoms with Crippen molar-refractivity contribution in [1.82, 2.24) is 14.9 Å². The Hall–Kier alpha value is -4.03. The highest BCUT2D eigenvalue weighted by Gasteiger charge is 2.31. The van der Waals surface area contributed by atoms with E-state index in [1.54, 1.807) is 6.92 Å². The molecule has 1 aromatic carbocycles. The number of hydrogen-bond donors (Lipinski definition) is 4. The van der Waals surface area contributed by atoms with Gasteiger partial charge in [-0.3, -0.25) is 14.9 Å². The van der Waals surface area contributed by atoms with Crippen LogP contribution in [-0.4, -0.2) is 40.3 Å². The molecule has 34 heavy (non-hydrogen) atoms. The zero-order valence-electron chi connectivity index (χ0n) is 18.7. The SMILES string of the molecule is CC(C)=CCn1cc(NC(=O)Nc2ccc(OC(F)(F)F)cc2)nc1C(=O)NCC(C)C(N)=O. The van der Waals surface area contributed by atoms with Crippen LogP contribution in [-0.2, 0) is 11.3 Å². The number of aromatic nitrogens is 2. The lowest BCUT2D eigenvalue weighted by atomic mass is 10.2. The highest BCUT2D eigenvalue weighted by Crippen LogP contribution is 2.24. The van der Waals surface area contributed by atoms with E-state index in [0.29, 0.717) is 6.54 Å². The Morgan fingerprint density at radius 3 is 2.38 bits per heavy atom. The maximum atomic E-state index is 12.6. The Morgan fingerprint density at radius 1 is 1.18 bits per heavy atom.